The van der Waals surface area contributed by atoms with Gasteiger partial charge in [-0.15, -0.1) is 0 Å². The highest BCUT2D eigenvalue weighted by Crippen LogP contribution is 2.30. The predicted octanol–water partition coefficient (Wildman–Crippen LogP) is 4.33. The van der Waals surface area contributed by atoms with Crippen LogP contribution in [0.4, 0.5) is 10.1 Å². The fourth-order valence-electron chi connectivity index (χ4n) is 3.59. The van der Waals surface area contributed by atoms with E-state index in [-0.39, 0.29) is 5.91 Å². The fourth-order valence-corrected chi connectivity index (χ4v) is 3.59. The highest BCUT2D eigenvalue weighted by Gasteiger charge is 2.22. The van der Waals surface area contributed by atoms with Crippen LogP contribution in [0.25, 0.3) is 10.9 Å². The topological polar surface area (TPSA) is 48.1 Å². The highest BCUT2D eigenvalue weighted by molar-refractivity contribution is 6.05. The molecule has 0 saturated heterocycles. The van der Waals surface area contributed by atoms with Gasteiger partial charge in [-0.1, -0.05) is 6.07 Å². The van der Waals surface area contributed by atoms with Crippen LogP contribution >= 0.6 is 0 Å². The molecule has 4 rings (SSSR count). The lowest BCUT2D eigenvalue weighted by Gasteiger charge is -2.30. The van der Waals surface area contributed by atoms with Gasteiger partial charge in [-0.3, -0.25) is 9.69 Å². The number of fused-ring (bicyclic) bond motifs is 3. The van der Waals surface area contributed by atoms with Gasteiger partial charge in [0.25, 0.3) is 5.91 Å². The number of H-pyrrole nitrogens is 1. The number of aromatic amines is 1. The van der Waals surface area contributed by atoms with Gasteiger partial charge in [-0.25, -0.2) is 4.39 Å². The van der Waals surface area contributed by atoms with Crippen molar-refractivity contribution in [3.8, 4) is 0 Å². The molecule has 2 heterocycles. The second kappa shape index (κ2) is 6.57. The fraction of sp³-hybridized carbons (Fsp3) is 0.286. The minimum atomic E-state index is -0.415. The molecule has 26 heavy (non-hydrogen) atoms. The van der Waals surface area contributed by atoms with Crippen molar-refractivity contribution < 1.29 is 9.18 Å². The summed E-state index contributed by atoms with van der Waals surface area (Å²) in [4.78, 5) is 18.3. The molecule has 0 bridgehead atoms. The Morgan fingerprint density at radius 3 is 2.85 bits per heavy atom. The van der Waals surface area contributed by atoms with Gasteiger partial charge in [0, 0.05) is 53.4 Å². The van der Waals surface area contributed by atoms with Gasteiger partial charge in [0.2, 0.25) is 0 Å². The molecule has 0 radical (unpaired) electrons. The van der Waals surface area contributed by atoms with Crippen molar-refractivity contribution in [2.75, 3.05) is 11.9 Å². The number of aromatic nitrogens is 1. The minimum Gasteiger partial charge on any atom is -0.358 e. The first-order chi connectivity index (χ1) is 12.5. The Bertz CT molecular complexity index is 977. The predicted molar refractivity (Wildman–Crippen MR) is 102 cm³/mol. The molecule has 0 aliphatic carbocycles. The largest absolute Gasteiger partial charge is 0.358 e. The van der Waals surface area contributed by atoms with Crippen LogP contribution < -0.4 is 5.32 Å². The lowest BCUT2D eigenvalue weighted by Crippen LogP contribution is -2.35. The third kappa shape index (κ3) is 3.10. The number of carbonyl (C=O) groups is 1. The average molecular weight is 351 g/mol. The summed E-state index contributed by atoms with van der Waals surface area (Å²) >= 11 is 0. The second-order valence-corrected chi connectivity index (χ2v) is 7.12. The Morgan fingerprint density at radius 2 is 2.08 bits per heavy atom. The lowest BCUT2D eigenvalue weighted by atomic mass is 10.0. The standard InChI is InChI=1S/C21H22FN3O/c1-13(2)25-9-8-20-18(12-25)17-11-16(6-7-19(17)24-20)23-21(26)14-4-3-5-15(22)10-14/h3-7,10-11,13,24H,8-9,12H2,1-2H3,(H,23,26). The molecule has 2 aromatic carbocycles. The van der Waals surface area contributed by atoms with E-state index in [2.05, 4.69) is 29.0 Å². The maximum Gasteiger partial charge on any atom is 0.255 e. The molecule has 1 amide bonds. The molecule has 0 atom stereocenters. The van der Waals surface area contributed by atoms with Crippen LogP contribution in [0.1, 0.15) is 35.5 Å². The summed E-state index contributed by atoms with van der Waals surface area (Å²) in [5.74, 6) is -0.723. The molecule has 0 fully saturated rings. The zero-order valence-corrected chi connectivity index (χ0v) is 15.0. The first kappa shape index (κ1) is 16.8. The molecule has 1 aliphatic heterocycles. The van der Waals surface area contributed by atoms with Crippen molar-refractivity contribution in [2.45, 2.75) is 32.9 Å². The summed E-state index contributed by atoms with van der Waals surface area (Å²) in [6.07, 6.45) is 1.01. The van der Waals surface area contributed by atoms with Gasteiger partial charge in [0.05, 0.1) is 0 Å². The number of benzene rings is 2. The van der Waals surface area contributed by atoms with Crippen LogP contribution in [0, 0.1) is 5.82 Å². The molecule has 0 spiro atoms. The summed E-state index contributed by atoms with van der Waals surface area (Å²) in [6, 6.07) is 12.1. The van der Waals surface area contributed by atoms with Gasteiger partial charge in [0.15, 0.2) is 0 Å². The average Bonchev–Trinajstić information content (AvgIpc) is 2.99. The van der Waals surface area contributed by atoms with Gasteiger partial charge >= 0.3 is 0 Å². The highest BCUT2D eigenvalue weighted by atomic mass is 19.1. The van der Waals surface area contributed by atoms with Gasteiger partial charge < -0.3 is 10.3 Å². The normalized spacial score (nSPS) is 14.6. The van der Waals surface area contributed by atoms with E-state index in [4.69, 9.17) is 0 Å². The van der Waals surface area contributed by atoms with Gasteiger partial charge in [0.1, 0.15) is 5.82 Å². The number of hydrogen-bond donors (Lipinski definition) is 2. The van der Waals surface area contributed by atoms with E-state index in [1.807, 2.05) is 18.2 Å². The smallest absolute Gasteiger partial charge is 0.255 e. The van der Waals surface area contributed by atoms with Crippen molar-refractivity contribution in [1.29, 1.82) is 0 Å². The number of halogens is 1. The summed E-state index contributed by atoms with van der Waals surface area (Å²) in [7, 11) is 0. The number of nitrogens with zero attached hydrogens (tertiary/aromatic N) is 1. The number of anilines is 1. The number of nitrogens with one attached hydrogen (secondary N) is 2. The molecular formula is C21H22FN3O. The van der Waals surface area contributed by atoms with Crippen molar-refractivity contribution in [3.63, 3.8) is 0 Å². The summed E-state index contributed by atoms with van der Waals surface area (Å²) in [5, 5.41) is 4.02. The molecule has 1 aromatic heterocycles. The van der Waals surface area contributed by atoms with Crippen LogP contribution in [-0.2, 0) is 13.0 Å². The SMILES string of the molecule is CC(C)N1CCc2[nH]c3ccc(NC(=O)c4cccc(F)c4)cc3c2C1. The molecule has 0 saturated carbocycles. The number of rotatable bonds is 3. The van der Waals surface area contributed by atoms with E-state index in [1.54, 1.807) is 6.07 Å². The Labute approximate surface area is 152 Å². The Balaban J connectivity index is 1.63. The molecule has 4 nitrogen and oxygen atoms in total. The first-order valence-electron chi connectivity index (χ1n) is 8.95. The maximum absolute atomic E-state index is 13.3. The van der Waals surface area contributed by atoms with Crippen molar-refractivity contribution in [3.05, 3.63) is 65.1 Å². The molecule has 134 valence electrons. The van der Waals surface area contributed by atoms with Crippen molar-refractivity contribution in [1.82, 2.24) is 9.88 Å². The minimum absolute atomic E-state index is 0.308. The van der Waals surface area contributed by atoms with Crippen LogP contribution in [0.5, 0.6) is 0 Å². The van der Waals surface area contributed by atoms with Crippen LogP contribution in [0.15, 0.2) is 42.5 Å². The van der Waals surface area contributed by atoms with E-state index in [0.717, 1.165) is 36.1 Å². The molecule has 0 unspecified atom stereocenters. The molecule has 5 heteroatoms. The van der Waals surface area contributed by atoms with E-state index in [1.165, 1.54) is 29.5 Å². The number of amides is 1. The molecular weight excluding hydrogens is 329 g/mol. The number of hydrogen-bond acceptors (Lipinski definition) is 2. The van der Waals surface area contributed by atoms with Crippen LogP contribution in [0.3, 0.4) is 0 Å². The third-order valence-corrected chi connectivity index (χ3v) is 5.08. The van der Waals surface area contributed by atoms with Gasteiger partial charge in [-0.05, 0) is 55.8 Å². The van der Waals surface area contributed by atoms with E-state index in [9.17, 15) is 9.18 Å². The van der Waals surface area contributed by atoms with Crippen molar-refractivity contribution >= 4 is 22.5 Å². The van der Waals surface area contributed by atoms with Crippen LogP contribution in [-0.4, -0.2) is 28.4 Å². The molecule has 3 aromatic rings. The van der Waals surface area contributed by atoms with Gasteiger partial charge in [-0.2, -0.15) is 0 Å². The third-order valence-electron chi connectivity index (χ3n) is 5.08. The second-order valence-electron chi connectivity index (χ2n) is 7.12. The Hall–Kier alpha value is -2.66. The maximum atomic E-state index is 13.3. The Morgan fingerprint density at radius 1 is 1.23 bits per heavy atom. The van der Waals surface area contributed by atoms with E-state index >= 15 is 0 Å². The van der Waals surface area contributed by atoms with E-state index in [0.29, 0.717) is 11.6 Å². The summed E-state index contributed by atoms with van der Waals surface area (Å²) < 4.78 is 13.3. The quantitative estimate of drug-likeness (QED) is 0.738. The molecule has 2 N–H and O–H groups in total. The van der Waals surface area contributed by atoms with Crippen LogP contribution in [0.2, 0.25) is 0 Å². The zero-order chi connectivity index (χ0) is 18.3. The van der Waals surface area contributed by atoms with Crippen molar-refractivity contribution in [2.24, 2.45) is 0 Å². The number of carbonyl (C=O) groups excluding carboxylic acids is 1. The summed E-state index contributed by atoms with van der Waals surface area (Å²) in [5.41, 5.74) is 4.71. The zero-order valence-electron chi connectivity index (χ0n) is 15.0. The first-order valence-corrected chi connectivity index (χ1v) is 8.95. The Kier molecular flexibility index (Phi) is 4.24. The molecule has 1 aliphatic rings. The van der Waals surface area contributed by atoms with E-state index < -0.39 is 5.82 Å². The lowest BCUT2D eigenvalue weighted by molar-refractivity contribution is 0.102. The monoisotopic (exact) mass is 351 g/mol. The summed E-state index contributed by atoms with van der Waals surface area (Å²) in [6.45, 7) is 6.39.